The number of piperidine rings is 1. The number of hydroxylamine groups is 1. The Morgan fingerprint density at radius 1 is 1.09 bits per heavy atom. The van der Waals surface area contributed by atoms with Crippen molar-refractivity contribution < 1.29 is 23.5 Å². The molecular formula is C33H39ClFN7O4. The molecule has 0 spiro atoms. The SMILES string of the molecule is C=CC(=O)Nc1cc(Nc2cc(N3OCC[C@@H]3c3cc(F)cc(Cl)c3)ncn2)c(OC)cc1N1CCC(N2CCO[C@H](C)C2)CC1. The van der Waals surface area contributed by atoms with Crippen molar-refractivity contribution in [1.82, 2.24) is 14.9 Å². The Balaban J connectivity index is 1.23. The van der Waals surface area contributed by atoms with Crippen LogP contribution in [-0.4, -0.2) is 79.4 Å². The zero-order chi connectivity index (χ0) is 32.2. The monoisotopic (exact) mass is 651 g/mol. The summed E-state index contributed by atoms with van der Waals surface area (Å²) < 4.78 is 25.7. The molecule has 2 atom stereocenters. The first-order valence-corrected chi connectivity index (χ1v) is 15.9. The minimum absolute atomic E-state index is 0.250. The first kappa shape index (κ1) is 32.0. The normalized spacial score (nSPS) is 20.9. The topological polar surface area (TPSA) is 104 Å². The molecule has 0 saturated carbocycles. The highest BCUT2D eigenvalue weighted by Gasteiger charge is 2.31. The van der Waals surface area contributed by atoms with Gasteiger partial charge in [0.15, 0.2) is 5.82 Å². The van der Waals surface area contributed by atoms with E-state index in [-0.39, 0.29) is 18.1 Å². The van der Waals surface area contributed by atoms with Gasteiger partial charge in [-0.25, -0.2) is 19.4 Å². The second-order valence-electron chi connectivity index (χ2n) is 11.7. The molecule has 3 fully saturated rings. The highest BCUT2D eigenvalue weighted by atomic mass is 35.5. The van der Waals surface area contributed by atoms with Crippen LogP contribution in [0, 0.1) is 5.82 Å². The second-order valence-corrected chi connectivity index (χ2v) is 12.1. The summed E-state index contributed by atoms with van der Waals surface area (Å²) in [6.45, 7) is 10.6. The number of nitrogens with one attached hydrogen (secondary N) is 2. The number of methoxy groups -OCH3 is 1. The van der Waals surface area contributed by atoms with Crippen LogP contribution in [-0.2, 0) is 14.4 Å². The van der Waals surface area contributed by atoms with Gasteiger partial charge in [-0.1, -0.05) is 18.2 Å². The Morgan fingerprint density at radius 2 is 1.91 bits per heavy atom. The average molecular weight is 652 g/mol. The molecule has 6 rings (SSSR count). The zero-order valence-electron chi connectivity index (χ0n) is 26.0. The third kappa shape index (κ3) is 7.20. The van der Waals surface area contributed by atoms with E-state index in [2.05, 4.69) is 43.9 Å². The lowest BCUT2D eigenvalue weighted by molar-refractivity contribution is -0.111. The number of hydrogen-bond donors (Lipinski definition) is 2. The first-order valence-electron chi connectivity index (χ1n) is 15.5. The maximum atomic E-state index is 14.1. The fraction of sp³-hybridized carbons (Fsp3) is 0.424. The molecule has 0 bridgehead atoms. The van der Waals surface area contributed by atoms with E-state index < -0.39 is 5.82 Å². The number of benzene rings is 2. The van der Waals surface area contributed by atoms with Crippen molar-refractivity contribution in [2.45, 2.75) is 44.4 Å². The molecule has 1 aromatic heterocycles. The summed E-state index contributed by atoms with van der Waals surface area (Å²) in [5.74, 6) is 0.831. The molecule has 4 heterocycles. The second kappa shape index (κ2) is 14.2. The minimum Gasteiger partial charge on any atom is -0.494 e. The Hall–Kier alpha value is -3.97. The van der Waals surface area contributed by atoms with Crippen molar-refractivity contribution in [3.05, 3.63) is 71.8 Å². The Bertz CT molecular complexity index is 1550. The molecule has 2 N–H and O–H groups in total. The van der Waals surface area contributed by atoms with Gasteiger partial charge in [0, 0.05) is 55.8 Å². The van der Waals surface area contributed by atoms with Crippen molar-refractivity contribution in [1.29, 1.82) is 0 Å². The van der Waals surface area contributed by atoms with Gasteiger partial charge < -0.3 is 25.0 Å². The first-order chi connectivity index (χ1) is 22.3. The van der Waals surface area contributed by atoms with Crippen molar-refractivity contribution in [3.8, 4) is 5.75 Å². The Kier molecular flexibility index (Phi) is 9.88. The molecule has 11 nitrogen and oxygen atoms in total. The summed E-state index contributed by atoms with van der Waals surface area (Å²) in [6.07, 6.45) is 5.58. The third-order valence-corrected chi connectivity index (χ3v) is 8.89. The molecule has 0 radical (unpaired) electrons. The van der Waals surface area contributed by atoms with Crippen molar-refractivity contribution in [2.75, 3.05) is 67.1 Å². The largest absolute Gasteiger partial charge is 0.494 e. The van der Waals surface area contributed by atoms with Crippen LogP contribution in [0.4, 0.5) is 33.1 Å². The van der Waals surface area contributed by atoms with Crippen LogP contribution in [0.5, 0.6) is 5.75 Å². The van der Waals surface area contributed by atoms with Gasteiger partial charge in [0.05, 0.1) is 49.5 Å². The van der Waals surface area contributed by atoms with Gasteiger partial charge in [-0.2, -0.15) is 0 Å². The lowest BCUT2D eigenvalue weighted by Gasteiger charge is -2.42. The number of ether oxygens (including phenoxy) is 2. The van der Waals surface area contributed by atoms with Gasteiger partial charge in [0.2, 0.25) is 5.91 Å². The van der Waals surface area contributed by atoms with Crippen LogP contribution in [0.15, 0.2) is 55.4 Å². The van der Waals surface area contributed by atoms with Gasteiger partial charge in [-0.05, 0) is 55.7 Å². The molecule has 0 aliphatic carbocycles. The minimum atomic E-state index is -0.412. The lowest BCUT2D eigenvalue weighted by atomic mass is 10.0. The van der Waals surface area contributed by atoms with E-state index in [1.807, 2.05) is 12.1 Å². The summed E-state index contributed by atoms with van der Waals surface area (Å²) in [5, 5.41) is 8.27. The zero-order valence-corrected chi connectivity index (χ0v) is 26.8. The van der Waals surface area contributed by atoms with Gasteiger partial charge in [0.25, 0.3) is 0 Å². The van der Waals surface area contributed by atoms with E-state index in [4.69, 9.17) is 25.9 Å². The number of nitrogens with zero attached hydrogens (tertiary/aromatic N) is 5. The van der Waals surface area contributed by atoms with E-state index in [0.717, 1.165) is 51.3 Å². The molecule has 46 heavy (non-hydrogen) atoms. The number of carbonyl (C=O) groups excluding carboxylic acids is 1. The maximum absolute atomic E-state index is 14.1. The summed E-state index contributed by atoms with van der Waals surface area (Å²) in [7, 11) is 1.61. The number of rotatable bonds is 9. The number of morpholine rings is 1. The van der Waals surface area contributed by atoms with E-state index >= 15 is 0 Å². The Labute approximate surface area is 273 Å². The molecular weight excluding hydrogens is 613 g/mol. The van der Waals surface area contributed by atoms with E-state index in [1.165, 1.54) is 24.5 Å². The predicted octanol–water partition coefficient (Wildman–Crippen LogP) is 5.72. The van der Waals surface area contributed by atoms with Crippen LogP contribution in [0.1, 0.15) is 37.8 Å². The number of anilines is 5. The van der Waals surface area contributed by atoms with Crippen LogP contribution in [0.3, 0.4) is 0 Å². The molecule has 13 heteroatoms. The van der Waals surface area contributed by atoms with E-state index in [9.17, 15) is 9.18 Å². The molecule has 1 amide bonds. The molecule has 244 valence electrons. The summed E-state index contributed by atoms with van der Waals surface area (Å²) >= 11 is 6.14. The molecule has 3 aromatic rings. The molecule has 3 aliphatic rings. The standard InChI is InChI=1S/C33H39ClFN7O4/c1-4-33(43)39-26-16-27(30(44-3)17-29(26)40-8-5-25(6-9-40)41-10-12-45-21(2)19-41)38-31-18-32(37-20-36-31)42-28(7-11-46-42)22-13-23(34)15-24(35)14-22/h4,13-18,20-21,25,28H,1,5-12,19H2,2-3H3,(H,39,43)(H,36,37,38)/t21-,28-/m1/s1. The third-order valence-electron chi connectivity index (χ3n) is 8.67. The number of carbonyl (C=O) groups is 1. The van der Waals surface area contributed by atoms with Crippen molar-refractivity contribution >= 4 is 46.2 Å². The van der Waals surface area contributed by atoms with Gasteiger partial charge >= 0.3 is 0 Å². The van der Waals surface area contributed by atoms with Crippen LogP contribution in [0.2, 0.25) is 5.02 Å². The summed E-state index contributed by atoms with van der Waals surface area (Å²) in [6, 6.07) is 10.2. The van der Waals surface area contributed by atoms with Crippen LogP contribution < -0.4 is 25.3 Å². The van der Waals surface area contributed by atoms with Crippen molar-refractivity contribution in [3.63, 3.8) is 0 Å². The average Bonchev–Trinajstić information content (AvgIpc) is 3.55. The highest BCUT2D eigenvalue weighted by Crippen LogP contribution is 2.41. The number of amides is 1. The number of hydrogen-bond acceptors (Lipinski definition) is 10. The lowest BCUT2D eigenvalue weighted by Crippen LogP contribution is -2.51. The van der Waals surface area contributed by atoms with E-state index in [0.29, 0.717) is 58.4 Å². The number of halogens is 2. The fourth-order valence-electron chi connectivity index (χ4n) is 6.47. The summed E-state index contributed by atoms with van der Waals surface area (Å²) in [5.41, 5.74) is 2.80. The smallest absolute Gasteiger partial charge is 0.247 e. The van der Waals surface area contributed by atoms with Gasteiger partial charge in [-0.3, -0.25) is 14.5 Å². The van der Waals surface area contributed by atoms with Crippen molar-refractivity contribution in [2.24, 2.45) is 0 Å². The molecule has 2 aromatic carbocycles. The predicted molar refractivity (Wildman–Crippen MR) is 177 cm³/mol. The van der Waals surface area contributed by atoms with Crippen LogP contribution >= 0.6 is 11.6 Å². The van der Waals surface area contributed by atoms with Gasteiger partial charge in [-0.15, -0.1) is 0 Å². The quantitative estimate of drug-likeness (QED) is 0.279. The molecule has 0 unspecified atom stereocenters. The maximum Gasteiger partial charge on any atom is 0.247 e. The summed E-state index contributed by atoms with van der Waals surface area (Å²) in [4.78, 5) is 32.1. The fourth-order valence-corrected chi connectivity index (χ4v) is 6.70. The molecule has 3 saturated heterocycles. The van der Waals surface area contributed by atoms with Gasteiger partial charge in [0.1, 0.15) is 23.7 Å². The highest BCUT2D eigenvalue weighted by molar-refractivity contribution is 6.30. The van der Waals surface area contributed by atoms with Crippen LogP contribution in [0.25, 0.3) is 0 Å². The Morgan fingerprint density at radius 3 is 2.65 bits per heavy atom. The van der Waals surface area contributed by atoms with E-state index in [1.54, 1.807) is 24.3 Å². The molecule has 3 aliphatic heterocycles. The number of aromatic nitrogens is 2.